The van der Waals surface area contributed by atoms with Crippen molar-refractivity contribution in [3.8, 4) is 0 Å². The van der Waals surface area contributed by atoms with Crippen LogP contribution in [0.2, 0.25) is 0 Å². The highest BCUT2D eigenvalue weighted by Gasteiger charge is 2.24. The van der Waals surface area contributed by atoms with Gasteiger partial charge >= 0.3 is 0 Å². The number of rotatable bonds is 3. The Kier molecular flexibility index (Phi) is 3.49. The molecule has 2 aromatic heterocycles. The average Bonchev–Trinajstić information content (AvgIpc) is 2.63. The minimum atomic E-state index is -1.24. The maximum Gasteiger partial charge on any atom is 0.172 e. The largest absolute Gasteiger partial charge is 0.611 e. The van der Waals surface area contributed by atoms with Crippen molar-refractivity contribution in [2.45, 2.75) is 24.3 Å². The number of aliphatic hydroxyl groups is 1. The Hall–Kier alpha value is -0.560. The molecule has 0 spiro atoms. The molecule has 1 unspecified atom stereocenters. The standard InChI is InChI=1S/C11H13BrN2O2S/c1-11(2,15)7-17(16)8-5-9(12)10-3-4-13-14(10)6-8/h3-6,15H,7H2,1-2H3. The maximum absolute atomic E-state index is 12.1. The number of halogens is 1. The van der Waals surface area contributed by atoms with Crippen molar-refractivity contribution in [3.05, 3.63) is 29.0 Å². The lowest BCUT2D eigenvalue weighted by Crippen LogP contribution is -2.30. The lowest BCUT2D eigenvalue weighted by molar-refractivity contribution is 0.105. The summed E-state index contributed by atoms with van der Waals surface area (Å²) in [5.41, 5.74) is -0.0230. The van der Waals surface area contributed by atoms with E-state index in [-0.39, 0.29) is 5.75 Å². The van der Waals surface area contributed by atoms with Gasteiger partial charge in [-0.1, -0.05) is 0 Å². The molecule has 2 rings (SSSR count). The highest BCUT2D eigenvalue weighted by molar-refractivity contribution is 9.10. The van der Waals surface area contributed by atoms with Gasteiger partial charge in [0.2, 0.25) is 0 Å². The molecule has 92 valence electrons. The fourth-order valence-electron chi connectivity index (χ4n) is 1.49. The zero-order valence-electron chi connectivity index (χ0n) is 9.55. The highest BCUT2D eigenvalue weighted by atomic mass is 79.9. The van der Waals surface area contributed by atoms with Gasteiger partial charge in [-0.05, 0) is 47.0 Å². The second-order valence-corrected chi connectivity index (χ2v) is 6.79. The van der Waals surface area contributed by atoms with Gasteiger partial charge < -0.3 is 9.66 Å². The van der Waals surface area contributed by atoms with Crippen molar-refractivity contribution in [1.29, 1.82) is 0 Å². The highest BCUT2D eigenvalue weighted by Crippen LogP contribution is 2.24. The van der Waals surface area contributed by atoms with Crippen molar-refractivity contribution in [2.75, 3.05) is 5.75 Å². The van der Waals surface area contributed by atoms with E-state index in [4.69, 9.17) is 0 Å². The summed E-state index contributed by atoms with van der Waals surface area (Å²) in [6.07, 6.45) is 3.41. The zero-order chi connectivity index (χ0) is 12.6. The summed E-state index contributed by atoms with van der Waals surface area (Å²) in [4.78, 5) is 0.648. The summed E-state index contributed by atoms with van der Waals surface area (Å²) in [5.74, 6) is 0.201. The van der Waals surface area contributed by atoms with Gasteiger partial charge in [0.1, 0.15) is 11.4 Å². The fourth-order valence-corrected chi connectivity index (χ4v) is 3.48. The first-order valence-electron chi connectivity index (χ1n) is 5.10. The Morgan fingerprint density at radius 2 is 2.29 bits per heavy atom. The van der Waals surface area contributed by atoms with E-state index in [9.17, 15) is 9.66 Å². The van der Waals surface area contributed by atoms with Crippen LogP contribution in [-0.2, 0) is 11.2 Å². The van der Waals surface area contributed by atoms with Gasteiger partial charge in [0, 0.05) is 10.5 Å². The van der Waals surface area contributed by atoms with E-state index in [0.717, 1.165) is 9.99 Å². The molecule has 0 aliphatic rings. The fraction of sp³-hybridized carbons (Fsp3) is 0.364. The smallest absolute Gasteiger partial charge is 0.172 e. The average molecular weight is 317 g/mol. The van der Waals surface area contributed by atoms with E-state index in [2.05, 4.69) is 21.0 Å². The predicted molar refractivity (Wildman–Crippen MR) is 70.5 cm³/mol. The van der Waals surface area contributed by atoms with Crippen LogP contribution in [0.15, 0.2) is 33.9 Å². The van der Waals surface area contributed by atoms with E-state index < -0.39 is 16.8 Å². The van der Waals surface area contributed by atoms with Crippen LogP contribution >= 0.6 is 15.9 Å². The van der Waals surface area contributed by atoms with Crippen LogP contribution in [0.5, 0.6) is 0 Å². The molecule has 0 aliphatic carbocycles. The van der Waals surface area contributed by atoms with Crippen LogP contribution in [0.3, 0.4) is 0 Å². The van der Waals surface area contributed by atoms with Crippen LogP contribution in [0.25, 0.3) is 5.52 Å². The molecular weight excluding hydrogens is 304 g/mol. The Bertz CT molecular complexity index is 536. The van der Waals surface area contributed by atoms with Gasteiger partial charge in [-0.25, -0.2) is 4.52 Å². The Labute approximate surface area is 111 Å². The number of fused-ring (bicyclic) bond motifs is 1. The molecule has 0 radical (unpaired) electrons. The second-order valence-electron chi connectivity index (χ2n) is 4.49. The Morgan fingerprint density at radius 3 is 2.94 bits per heavy atom. The maximum atomic E-state index is 12.1. The van der Waals surface area contributed by atoms with Gasteiger partial charge in [-0.2, -0.15) is 5.10 Å². The molecule has 0 amide bonds. The zero-order valence-corrected chi connectivity index (χ0v) is 12.0. The number of hydrogen-bond acceptors (Lipinski definition) is 3. The number of pyridine rings is 1. The van der Waals surface area contributed by atoms with Crippen molar-refractivity contribution >= 4 is 32.6 Å². The summed E-state index contributed by atoms with van der Waals surface area (Å²) in [6.45, 7) is 3.29. The third-order valence-corrected chi connectivity index (χ3v) is 4.53. The van der Waals surface area contributed by atoms with Crippen LogP contribution < -0.4 is 0 Å². The van der Waals surface area contributed by atoms with Gasteiger partial charge in [0.25, 0.3) is 0 Å². The van der Waals surface area contributed by atoms with Crippen LogP contribution in [0, 0.1) is 0 Å². The lowest BCUT2D eigenvalue weighted by Gasteiger charge is -2.19. The van der Waals surface area contributed by atoms with Crippen molar-refractivity contribution < 1.29 is 9.66 Å². The van der Waals surface area contributed by atoms with Crippen molar-refractivity contribution in [1.82, 2.24) is 9.61 Å². The quantitative estimate of drug-likeness (QED) is 0.881. The first-order valence-corrected chi connectivity index (χ1v) is 7.22. The minimum absolute atomic E-state index is 0.201. The number of aromatic nitrogens is 2. The number of nitrogens with zero attached hydrogens (tertiary/aromatic N) is 2. The molecule has 1 atom stereocenters. The van der Waals surface area contributed by atoms with E-state index in [1.807, 2.05) is 6.07 Å². The lowest BCUT2D eigenvalue weighted by atomic mass is 10.2. The monoisotopic (exact) mass is 316 g/mol. The molecule has 0 saturated heterocycles. The van der Waals surface area contributed by atoms with Crippen molar-refractivity contribution in [3.63, 3.8) is 0 Å². The molecule has 17 heavy (non-hydrogen) atoms. The normalized spacial score (nSPS) is 14.2. The third-order valence-electron chi connectivity index (χ3n) is 2.18. The van der Waals surface area contributed by atoms with Gasteiger partial charge in [-0.15, -0.1) is 0 Å². The summed E-state index contributed by atoms with van der Waals surface area (Å²) in [6, 6.07) is 3.67. The van der Waals surface area contributed by atoms with E-state index in [0.29, 0.717) is 4.90 Å². The predicted octanol–water partition coefficient (Wildman–Crippen LogP) is 1.98. The summed E-state index contributed by atoms with van der Waals surface area (Å²) < 4.78 is 14.6. The third kappa shape index (κ3) is 3.01. The van der Waals surface area contributed by atoms with E-state index in [1.54, 1.807) is 36.8 Å². The SMILES string of the molecule is CC(C)(O)C[S+]([O-])c1cc(Br)c2ccnn2c1. The summed E-state index contributed by atoms with van der Waals surface area (Å²) in [7, 11) is 0. The minimum Gasteiger partial charge on any atom is -0.611 e. The first-order chi connectivity index (χ1) is 7.87. The van der Waals surface area contributed by atoms with Gasteiger partial charge in [-0.3, -0.25) is 0 Å². The van der Waals surface area contributed by atoms with Crippen LogP contribution in [0.1, 0.15) is 13.8 Å². The molecule has 2 aromatic rings. The molecule has 0 bridgehead atoms. The van der Waals surface area contributed by atoms with Crippen molar-refractivity contribution in [2.24, 2.45) is 0 Å². The first kappa shape index (κ1) is 12.9. The molecule has 0 fully saturated rings. The number of hydrogen-bond donors (Lipinski definition) is 1. The summed E-state index contributed by atoms with van der Waals surface area (Å²) >= 11 is 2.17. The second kappa shape index (κ2) is 4.61. The van der Waals surface area contributed by atoms with E-state index in [1.165, 1.54) is 0 Å². The molecule has 1 N–H and O–H groups in total. The van der Waals surface area contributed by atoms with Crippen LogP contribution in [0.4, 0.5) is 0 Å². The van der Waals surface area contributed by atoms with Gasteiger partial charge in [0.15, 0.2) is 4.90 Å². The molecule has 2 heterocycles. The van der Waals surface area contributed by atoms with Gasteiger partial charge in [0.05, 0.1) is 17.9 Å². The molecule has 0 saturated carbocycles. The Balaban J connectivity index is 2.35. The molecule has 6 heteroatoms. The summed E-state index contributed by atoms with van der Waals surface area (Å²) in [5, 5.41) is 13.8. The molecule has 0 aliphatic heterocycles. The van der Waals surface area contributed by atoms with Crippen LogP contribution in [-0.4, -0.2) is 30.6 Å². The molecule has 0 aromatic carbocycles. The topological polar surface area (TPSA) is 60.6 Å². The molecular formula is C11H13BrN2O2S. The Morgan fingerprint density at radius 1 is 1.59 bits per heavy atom. The van der Waals surface area contributed by atoms with E-state index >= 15 is 0 Å². The molecule has 4 nitrogen and oxygen atoms in total.